The van der Waals surface area contributed by atoms with Gasteiger partial charge in [0, 0.05) is 17.1 Å². The molecule has 0 bridgehead atoms. The van der Waals surface area contributed by atoms with E-state index in [2.05, 4.69) is 15.3 Å². The number of amides is 2. The number of H-pyrrole nitrogens is 1. The van der Waals surface area contributed by atoms with E-state index in [-0.39, 0.29) is 11.8 Å². The van der Waals surface area contributed by atoms with Crippen LogP contribution in [0.1, 0.15) is 28.9 Å². The molecule has 0 aliphatic heterocycles. The van der Waals surface area contributed by atoms with Gasteiger partial charge in [-0.25, -0.2) is 4.98 Å². The second kappa shape index (κ2) is 8.00. The van der Waals surface area contributed by atoms with Crippen LogP contribution in [0.4, 0.5) is 5.13 Å². The third-order valence-electron chi connectivity index (χ3n) is 4.94. The molecule has 2 aromatic carbocycles. The van der Waals surface area contributed by atoms with Crippen LogP contribution in [0.15, 0.2) is 54.0 Å². The molecule has 0 fully saturated rings. The number of carbonyl (C=O) groups is 2. The highest BCUT2D eigenvalue weighted by atomic mass is 32.1. The maximum Gasteiger partial charge on any atom is 0.265 e. The van der Waals surface area contributed by atoms with Crippen molar-refractivity contribution in [3.05, 3.63) is 65.3 Å². The molecule has 2 heterocycles. The molecule has 30 heavy (non-hydrogen) atoms. The highest BCUT2D eigenvalue weighted by Gasteiger charge is 2.18. The molecule has 0 saturated carbocycles. The van der Waals surface area contributed by atoms with Crippen molar-refractivity contribution in [1.82, 2.24) is 9.97 Å². The number of fused-ring (bicyclic) bond motifs is 1. The van der Waals surface area contributed by atoms with Gasteiger partial charge in [-0.05, 0) is 41.5 Å². The van der Waals surface area contributed by atoms with Crippen molar-refractivity contribution in [3.63, 3.8) is 0 Å². The molecule has 0 radical (unpaired) electrons. The number of aromatic nitrogens is 2. The summed E-state index contributed by atoms with van der Waals surface area (Å²) in [4.78, 5) is 31.2. The largest absolute Gasteiger partial charge is 0.497 e. The first-order valence-electron chi connectivity index (χ1n) is 9.27. The molecule has 4 rings (SSSR count). The lowest BCUT2D eigenvalue weighted by Gasteiger charge is -2.12. The van der Waals surface area contributed by atoms with Crippen molar-refractivity contribution < 1.29 is 14.3 Å². The molecule has 0 aliphatic carbocycles. The molecule has 0 aliphatic rings. The number of nitrogens with one attached hydrogen (secondary N) is 2. The van der Waals surface area contributed by atoms with Crippen molar-refractivity contribution in [3.8, 4) is 17.0 Å². The molecule has 152 valence electrons. The Hall–Kier alpha value is -3.65. The molecule has 2 amide bonds. The number of rotatable bonds is 6. The van der Waals surface area contributed by atoms with Crippen LogP contribution in [-0.2, 0) is 4.79 Å². The summed E-state index contributed by atoms with van der Waals surface area (Å²) in [5.74, 6) is -0.230. The number of carbonyl (C=O) groups excluding carboxylic acids is 2. The average molecular weight is 420 g/mol. The molecule has 8 heteroatoms. The van der Waals surface area contributed by atoms with Crippen LogP contribution < -0.4 is 15.8 Å². The molecule has 7 nitrogen and oxygen atoms in total. The molecule has 2 aromatic heterocycles. The van der Waals surface area contributed by atoms with E-state index in [1.807, 2.05) is 48.7 Å². The van der Waals surface area contributed by atoms with Crippen molar-refractivity contribution in [2.24, 2.45) is 5.73 Å². The quantitative estimate of drug-likeness (QED) is 0.435. The standard InChI is InChI=1S/C22H20N4O3S/c1-12(13-3-4-15-8-17(29-2)6-5-14(15)7-13)21(28)26-22-25-19(11-30-22)16-9-18(20(23)27)24-10-16/h3-12,24H,1-2H3,(H2,23,27)(H,25,26,28)/t12-/m0/s1. The maximum atomic E-state index is 12.8. The molecule has 1 atom stereocenters. The molecule has 0 unspecified atom stereocenters. The zero-order chi connectivity index (χ0) is 21.3. The summed E-state index contributed by atoms with van der Waals surface area (Å²) in [5, 5.41) is 7.28. The summed E-state index contributed by atoms with van der Waals surface area (Å²) in [5.41, 5.74) is 7.88. The van der Waals surface area contributed by atoms with Crippen molar-refractivity contribution in [1.29, 1.82) is 0 Å². The number of ether oxygens (including phenoxy) is 1. The lowest BCUT2D eigenvalue weighted by molar-refractivity contribution is -0.117. The van der Waals surface area contributed by atoms with Crippen molar-refractivity contribution in [2.45, 2.75) is 12.8 Å². The van der Waals surface area contributed by atoms with Gasteiger partial charge in [0.05, 0.1) is 18.7 Å². The normalized spacial score (nSPS) is 11.9. The Morgan fingerprint density at radius 2 is 1.93 bits per heavy atom. The number of aromatic amines is 1. The van der Waals surface area contributed by atoms with Gasteiger partial charge in [0.2, 0.25) is 5.91 Å². The van der Waals surface area contributed by atoms with Gasteiger partial charge in [-0.3, -0.25) is 9.59 Å². The van der Waals surface area contributed by atoms with E-state index in [9.17, 15) is 9.59 Å². The van der Waals surface area contributed by atoms with Crippen LogP contribution in [0.2, 0.25) is 0 Å². The summed E-state index contributed by atoms with van der Waals surface area (Å²) >= 11 is 1.32. The SMILES string of the molecule is COc1ccc2cc([C@H](C)C(=O)Nc3nc(-c4c[nH]c(C(N)=O)c4)cs3)ccc2c1. The van der Waals surface area contributed by atoms with Crippen LogP contribution in [0, 0.1) is 0 Å². The minimum atomic E-state index is -0.535. The van der Waals surface area contributed by atoms with Gasteiger partial charge < -0.3 is 20.8 Å². The Morgan fingerprint density at radius 1 is 1.17 bits per heavy atom. The van der Waals surface area contributed by atoms with Gasteiger partial charge in [0.15, 0.2) is 5.13 Å². The van der Waals surface area contributed by atoms with E-state index in [1.54, 1.807) is 19.4 Å². The molecular formula is C22H20N4O3S. The Bertz CT molecular complexity index is 1240. The number of methoxy groups -OCH3 is 1. The van der Waals surface area contributed by atoms with Crippen LogP contribution >= 0.6 is 11.3 Å². The summed E-state index contributed by atoms with van der Waals surface area (Å²) in [6.45, 7) is 1.86. The fraction of sp³-hybridized carbons (Fsp3) is 0.136. The van der Waals surface area contributed by atoms with Gasteiger partial charge >= 0.3 is 0 Å². The zero-order valence-corrected chi connectivity index (χ0v) is 17.2. The molecule has 4 N–H and O–H groups in total. The first-order valence-corrected chi connectivity index (χ1v) is 10.2. The van der Waals surface area contributed by atoms with Crippen molar-refractivity contribution in [2.75, 3.05) is 12.4 Å². The molecular weight excluding hydrogens is 400 g/mol. The number of benzene rings is 2. The van der Waals surface area contributed by atoms with Crippen LogP contribution in [0.25, 0.3) is 22.0 Å². The van der Waals surface area contributed by atoms with E-state index in [1.165, 1.54) is 11.3 Å². The molecule has 0 saturated heterocycles. The highest BCUT2D eigenvalue weighted by molar-refractivity contribution is 7.14. The lowest BCUT2D eigenvalue weighted by atomic mass is 9.97. The van der Waals surface area contributed by atoms with Gasteiger partial charge in [-0.2, -0.15) is 0 Å². The Kier molecular flexibility index (Phi) is 5.24. The monoisotopic (exact) mass is 420 g/mol. The predicted octanol–water partition coefficient (Wildman–Crippen LogP) is 4.14. The van der Waals surface area contributed by atoms with E-state index in [0.29, 0.717) is 16.5 Å². The molecule has 4 aromatic rings. The third kappa shape index (κ3) is 3.90. The Balaban J connectivity index is 1.49. The summed E-state index contributed by atoms with van der Waals surface area (Å²) < 4.78 is 5.26. The number of nitrogens with two attached hydrogens (primary N) is 1. The highest BCUT2D eigenvalue weighted by Crippen LogP contribution is 2.28. The molecule has 0 spiro atoms. The number of hydrogen-bond donors (Lipinski definition) is 3. The number of thiazole rings is 1. The fourth-order valence-electron chi connectivity index (χ4n) is 3.15. The van der Waals surface area contributed by atoms with E-state index >= 15 is 0 Å². The number of hydrogen-bond acceptors (Lipinski definition) is 5. The van der Waals surface area contributed by atoms with Gasteiger partial charge in [0.25, 0.3) is 5.91 Å². The average Bonchev–Trinajstić information content (AvgIpc) is 3.42. The van der Waals surface area contributed by atoms with Gasteiger partial charge in [-0.15, -0.1) is 11.3 Å². The van der Waals surface area contributed by atoms with Crippen LogP contribution in [0.5, 0.6) is 5.75 Å². The minimum absolute atomic E-state index is 0.143. The van der Waals surface area contributed by atoms with E-state index in [0.717, 1.165) is 27.6 Å². The number of nitrogens with zero attached hydrogens (tertiary/aromatic N) is 1. The van der Waals surface area contributed by atoms with Crippen molar-refractivity contribution >= 4 is 39.1 Å². The smallest absolute Gasteiger partial charge is 0.265 e. The Labute approximate surface area is 176 Å². The number of primary amides is 1. The zero-order valence-electron chi connectivity index (χ0n) is 16.4. The van der Waals surface area contributed by atoms with Gasteiger partial charge in [-0.1, -0.05) is 24.3 Å². The predicted molar refractivity (Wildman–Crippen MR) is 118 cm³/mol. The first-order chi connectivity index (χ1) is 14.4. The minimum Gasteiger partial charge on any atom is -0.497 e. The summed E-state index contributed by atoms with van der Waals surface area (Å²) in [7, 11) is 1.64. The second-order valence-corrected chi connectivity index (χ2v) is 7.75. The third-order valence-corrected chi connectivity index (χ3v) is 5.70. The Morgan fingerprint density at radius 3 is 2.67 bits per heavy atom. The van der Waals surface area contributed by atoms with Crippen LogP contribution in [-0.4, -0.2) is 28.9 Å². The second-order valence-electron chi connectivity index (χ2n) is 6.89. The van der Waals surface area contributed by atoms with E-state index < -0.39 is 5.91 Å². The summed E-state index contributed by atoms with van der Waals surface area (Å²) in [6.07, 6.45) is 1.66. The lowest BCUT2D eigenvalue weighted by Crippen LogP contribution is -2.18. The van der Waals surface area contributed by atoms with Gasteiger partial charge in [0.1, 0.15) is 11.4 Å². The topological polar surface area (TPSA) is 110 Å². The fourth-order valence-corrected chi connectivity index (χ4v) is 3.87. The summed E-state index contributed by atoms with van der Waals surface area (Å²) in [6, 6.07) is 13.4. The maximum absolute atomic E-state index is 12.8. The number of anilines is 1. The van der Waals surface area contributed by atoms with E-state index in [4.69, 9.17) is 10.5 Å². The first kappa shape index (κ1) is 19.7. The van der Waals surface area contributed by atoms with Crippen LogP contribution in [0.3, 0.4) is 0 Å².